The van der Waals surface area contributed by atoms with Crippen LogP contribution < -0.4 is 0 Å². The van der Waals surface area contributed by atoms with Gasteiger partial charge in [0.15, 0.2) is 0 Å². The molecule has 0 fully saturated rings. The molecule has 1 N–H and O–H groups in total. The van der Waals surface area contributed by atoms with Crippen molar-refractivity contribution in [1.29, 1.82) is 0 Å². The highest BCUT2D eigenvalue weighted by Crippen LogP contribution is 2.12. The monoisotopic (exact) mass is 213 g/mol. The number of nitrogens with zero attached hydrogens (tertiary/aromatic N) is 1. The minimum Gasteiger partial charge on any atom is -0.481 e. The number of carboxylic acid groups (broad SMARTS) is 1. The van der Waals surface area contributed by atoms with E-state index in [4.69, 9.17) is 5.11 Å². The van der Waals surface area contributed by atoms with Gasteiger partial charge in [0.05, 0.1) is 5.92 Å². The molecular weight excluding hydrogens is 190 g/mol. The van der Waals surface area contributed by atoms with Gasteiger partial charge in [0.1, 0.15) is 0 Å². The van der Waals surface area contributed by atoms with Crippen molar-refractivity contribution >= 4 is 5.97 Å². The maximum atomic E-state index is 10.8. The summed E-state index contributed by atoms with van der Waals surface area (Å²) in [7, 11) is 0. The SMILES string of the molecule is C=CCC(CCCN(CC)CC)C(=O)O. The maximum Gasteiger partial charge on any atom is 0.306 e. The van der Waals surface area contributed by atoms with E-state index in [0.717, 1.165) is 32.5 Å². The molecule has 1 atom stereocenters. The molecule has 88 valence electrons. The first-order valence-corrected chi connectivity index (χ1v) is 5.71. The lowest BCUT2D eigenvalue weighted by molar-refractivity contribution is -0.141. The zero-order chi connectivity index (χ0) is 11.7. The van der Waals surface area contributed by atoms with E-state index in [1.54, 1.807) is 6.08 Å². The number of carbonyl (C=O) groups is 1. The van der Waals surface area contributed by atoms with Gasteiger partial charge in [-0.3, -0.25) is 4.79 Å². The van der Waals surface area contributed by atoms with Gasteiger partial charge < -0.3 is 10.0 Å². The Morgan fingerprint density at radius 2 is 2.07 bits per heavy atom. The number of allylic oxidation sites excluding steroid dienone is 1. The molecule has 0 radical (unpaired) electrons. The topological polar surface area (TPSA) is 40.5 Å². The zero-order valence-corrected chi connectivity index (χ0v) is 9.91. The van der Waals surface area contributed by atoms with Gasteiger partial charge in [-0.25, -0.2) is 0 Å². The Kier molecular flexibility index (Phi) is 8.01. The molecule has 0 aromatic carbocycles. The van der Waals surface area contributed by atoms with Gasteiger partial charge in [0.2, 0.25) is 0 Å². The zero-order valence-electron chi connectivity index (χ0n) is 9.91. The van der Waals surface area contributed by atoms with E-state index in [-0.39, 0.29) is 5.92 Å². The summed E-state index contributed by atoms with van der Waals surface area (Å²) in [4.78, 5) is 13.2. The van der Waals surface area contributed by atoms with Crippen LogP contribution in [-0.4, -0.2) is 35.6 Å². The summed E-state index contributed by atoms with van der Waals surface area (Å²) in [6.45, 7) is 10.9. The minimum atomic E-state index is -0.700. The fraction of sp³-hybridized carbons (Fsp3) is 0.750. The largest absolute Gasteiger partial charge is 0.481 e. The quantitative estimate of drug-likeness (QED) is 0.598. The highest BCUT2D eigenvalue weighted by Gasteiger charge is 2.15. The van der Waals surface area contributed by atoms with Crippen LogP contribution in [0.1, 0.15) is 33.1 Å². The van der Waals surface area contributed by atoms with Crippen LogP contribution in [0.5, 0.6) is 0 Å². The van der Waals surface area contributed by atoms with Crippen LogP contribution in [0.15, 0.2) is 12.7 Å². The van der Waals surface area contributed by atoms with Gasteiger partial charge in [0, 0.05) is 0 Å². The number of hydrogen-bond donors (Lipinski definition) is 1. The third-order valence-electron chi connectivity index (χ3n) is 2.72. The third-order valence-corrected chi connectivity index (χ3v) is 2.72. The molecule has 0 rings (SSSR count). The smallest absolute Gasteiger partial charge is 0.306 e. The molecule has 0 aliphatic rings. The molecule has 0 heterocycles. The van der Waals surface area contributed by atoms with E-state index < -0.39 is 5.97 Å². The average molecular weight is 213 g/mol. The molecule has 0 bridgehead atoms. The molecule has 0 aromatic heterocycles. The van der Waals surface area contributed by atoms with Crippen LogP contribution in [-0.2, 0) is 4.79 Å². The lowest BCUT2D eigenvalue weighted by Crippen LogP contribution is -2.25. The molecule has 0 aliphatic heterocycles. The summed E-state index contributed by atoms with van der Waals surface area (Å²) in [5.41, 5.74) is 0. The summed E-state index contributed by atoms with van der Waals surface area (Å²) in [6, 6.07) is 0. The molecule has 0 saturated heterocycles. The molecule has 3 nitrogen and oxygen atoms in total. The van der Waals surface area contributed by atoms with Crippen LogP contribution in [0, 0.1) is 5.92 Å². The molecule has 0 saturated carbocycles. The Hall–Kier alpha value is -0.830. The van der Waals surface area contributed by atoms with E-state index in [1.165, 1.54) is 0 Å². The van der Waals surface area contributed by atoms with Gasteiger partial charge in [-0.05, 0) is 38.9 Å². The number of rotatable bonds is 9. The highest BCUT2D eigenvalue weighted by atomic mass is 16.4. The van der Waals surface area contributed by atoms with Crippen molar-refractivity contribution in [2.45, 2.75) is 33.1 Å². The standard InChI is InChI=1S/C12H23NO2/c1-4-8-11(12(14)15)9-7-10-13(5-2)6-3/h4,11H,1,5-10H2,2-3H3,(H,14,15). The number of carboxylic acids is 1. The maximum absolute atomic E-state index is 10.8. The van der Waals surface area contributed by atoms with Crippen molar-refractivity contribution in [2.24, 2.45) is 5.92 Å². The number of hydrogen-bond acceptors (Lipinski definition) is 2. The molecule has 1 unspecified atom stereocenters. The van der Waals surface area contributed by atoms with E-state index in [0.29, 0.717) is 6.42 Å². The Labute approximate surface area is 92.8 Å². The first-order chi connectivity index (χ1) is 7.15. The second-order valence-electron chi connectivity index (χ2n) is 3.73. The van der Waals surface area contributed by atoms with Crippen LogP contribution in [0.25, 0.3) is 0 Å². The first kappa shape index (κ1) is 14.2. The van der Waals surface area contributed by atoms with Crippen LogP contribution >= 0.6 is 0 Å². The molecular formula is C12H23NO2. The normalized spacial score (nSPS) is 12.7. The lowest BCUT2D eigenvalue weighted by Gasteiger charge is -2.18. The van der Waals surface area contributed by atoms with E-state index in [9.17, 15) is 4.79 Å². The van der Waals surface area contributed by atoms with Crippen LogP contribution in [0.3, 0.4) is 0 Å². The first-order valence-electron chi connectivity index (χ1n) is 5.71. The summed E-state index contributed by atoms with van der Waals surface area (Å²) >= 11 is 0. The second kappa shape index (κ2) is 8.48. The van der Waals surface area contributed by atoms with Crippen molar-refractivity contribution in [2.75, 3.05) is 19.6 Å². The number of aliphatic carboxylic acids is 1. The van der Waals surface area contributed by atoms with Gasteiger partial charge >= 0.3 is 5.97 Å². The summed E-state index contributed by atoms with van der Waals surface area (Å²) in [5.74, 6) is -0.951. The summed E-state index contributed by atoms with van der Waals surface area (Å²) in [5, 5.41) is 8.92. The van der Waals surface area contributed by atoms with Gasteiger partial charge in [-0.15, -0.1) is 6.58 Å². The van der Waals surface area contributed by atoms with Crippen molar-refractivity contribution in [3.63, 3.8) is 0 Å². The van der Waals surface area contributed by atoms with Gasteiger partial charge in [-0.1, -0.05) is 19.9 Å². The van der Waals surface area contributed by atoms with Crippen molar-refractivity contribution in [3.8, 4) is 0 Å². The van der Waals surface area contributed by atoms with Gasteiger partial charge in [0.25, 0.3) is 0 Å². The van der Waals surface area contributed by atoms with Crippen molar-refractivity contribution < 1.29 is 9.90 Å². The molecule has 0 aromatic rings. The van der Waals surface area contributed by atoms with E-state index in [2.05, 4.69) is 25.3 Å². The second-order valence-corrected chi connectivity index (χ2v) is 3.73. The lowest BCUT2D eigenvalue weighted by atomic mass is 9.99. The minimum absolute atomic E-state index is 0.252. The van der Waals surface area contributed by atoms with Crippen LogP contribution in [0.2, 0.25) is 0 Å². The Balaban J connectivity index is 3.79. The fourth-order valence-corrected chi connectivity index (χ4v) is 1.64. The van der Waals surface area contributed by atoms with Gasteiger partial charge in [-0.2, -0.15) is 0 Å². The highest BCUT2D eigenvalue weighted by molar-refractivity contribution is 5.70. The van der Waals surface area contributed by atoms with E-state index in [1.807, 2.05) is 0 Å². The summed E-state index contributed by atoms with van der Waals surface area (Å²) < 4.78 is 0. The molecule has 0 aliphatic carbocycles. The molecule has 0 spiro atoms. The Morgan fingerprint density at radius 1 is 1.47 bits per heavy atom. The third kappa shape index (κ3) is 6.28. The van der Waals surface area contributed by atoms with Crippen molar-refractivity contribution in [1.82, 2.24) is 4.90 Å². The average Bonchev–Trinajstić information content (AvgIpc) is 2.22. The Morgan fingerprint density at radius 3 is 2.47 bits per heavy atom. The van der Waals surface area contributed by atoms with Crippen LogP contribution in [0.4, 0.5) is 0 Å². The molecule has 0 amide bonds. The van der Waals surface area contributed by atoms with Crippen molar-refractivity contribution in [3.05, 3.63) is 12.7 Å². The predicted octanol–water partition coefficient (Wildman–Crippen LogP) is 2.39. The van der Waals surface area contributed by atoms with E-state index >= 15 is 0 Å². The summed E-state index contributed by atoms with van der Waals surface area (Å²) in [6.07, 6.45) is 3.97. The predicted molar refractivity (Wildman–Crippen MR) is 63.0 cm³/mol. The Bertz CT molecular complexity index is 188. The molecule has 15 heavy (non-hydrogen) atoms. The molecule has 3 heteroatoms. The fourth-order valence-electron chi connectivity index (χ4n) is 1.64.